The predicted octanol–water partition coefficient (Wildman–Crippen LogP) is 1.49. The van der Waals surface area contributed by atoms with Crippen LogP contribution in [0, 0.1) is 0 Å². The molecule has 28 heavy (non-hydrogen) atoms. The van der Waals surface area contributed by atoms with Gasteiger partial charge in [-0.15, -0.1) is 13.2 Å². The van der Waals surface area contributed by atoms with E-state index < -0.39 is 0 Å². The van der Waals surface area contributed by atoms with Gasteiger partial charge in [-0.2, -0.15) is 0 Å². The molecule has 0 aliphatic heterocycles. The Morgan fingerprint density at radius 3 is 0.679 bits per heavy atom. The Labute approximate surface area is 169 Å². The van der Waals surface area contributed by atoms with E-state index in [0.29, 0.717) is 106 Å². The SMILES string of the molecule is C=CCOCCOCCOCCOCCOCCOCCOCCOCC=C. The molecular weight excluding hydrogens is 368 g/mol. The van der Waals surface area contributed by atoms with E-state index in [4.69, 9.17) is 37.9 Å². The molecule has 0 radical (unpaired) electrons. The van der Waals surface area contributed by atoms with Crippen molar-refractivity contribution in [3.63, 3.8) is 0 Å². The molecule has 0 aromatic heterocycles. The molecule has 0 atom stereocenters. The van der Waals surface area contributed by atoms with Gasteiger partial charge in [-0.3, -0.25) is 0 Å². The minimum Gasteiger partial charge on any atom is -0.377 e. The average Bonchev–Trinajstić information content (AvgIpc) is 2.71. The van der Waals surface area contributed by atoms with Crippen LogP contribution in [0.3, 0.4) is 0 Å². The topological polar surface area (TPSA) is 73.8 Å². The van der Waals surface area contributed by atoms with E-state index in [-0.39, 0.29) is 0 Å². The van der Waals surface area contributed by atoms with Crippen molar-refractivity contribution >= 4 is 0 Å². The van der Waals surface area contributed by atoms with Gasteiger partial charge < -0.3 is 37.9 Å². The van der Waals surface area contributed by atoms with Gasteiger partial charge in [-0.1, -0.05) is 12.2 Å². The van der Waals surface area contributed by atoms with Crippen LogP contribution in [0.25, 0.3) is 0 Å². The van der Waals surface area contributed by atoms with Crippen molar-refractivity contribution in [3.05, 3.63) is 25.3 Å². The van der Waals surface area contributed by atoms with Crippen molar-refractivity contribution in [1.82, 2.24) is 0 Å². The first-order valence-corrected chi connectivity index (χ1v) is 9.75. The van der Waals surface area contributed by atoms with E-state index in [2.05, 4.69) is 13.2 Å². The molecule has 0 fully saturated rings. The summed E-state index contributed by atoms with van der Waals surface area (Å²) in [6.45, 7) is 15.9. The van der Waals surface area contributed by atoms with Gasteiger partial charge in [0, 0.05) is 0 Å². The predicted molar refractivity (Wildman–Crippen MR) is 107 cm³/mol. The van der Waals surface area contributed by atoms with Crippen LogP contribution in [0.1, 0.15) is 0 Å². The highest BCUT2D eigenvalue weighted by Gasteiger charge is 1.94. The molecule has 0 rings (SSSR count). The van der Waals surface area contributed by atoms with E-state index in [9.17, 15) is 0 Å². The summed E-state index contributed by atoms with van der Waals surface area (Å²) in [5, 5.41) is 0. The monoisotopic (exact) mass is 406 g/mol. The lowest BCUT2D eigenvalue weighted by Gasteiger charge is -2.08. The Kier molecular flexibility index (Phi) is 25.4. The zero-order valence-corrected chi connectivity index (χ0v) is 17.1. The number of rotatable bonds is 25. The quantitative estimate of drug-likeness (QED) is 0.167. The van der Waals surface area contributed by atoms with Gasteiger partial charge in [0.25, 0.3) is 0 Å². The lowest BCUT2D eigenvalue weighted by molar-refractivity contribution is -0.0220. The number of ether oxygens (including phenoxy) is 8. The molecule has 0 saturated heterocycles. The summed E-state index contributed by atoms with van der Waals surface area (Å²) in [6, 6.07) is 0. The Bertz CT molecular complexity index is 285. The molecule has 8 nitrogen and oxygen atoms in total. The van der Waals surface area contributed by atoms with Crippen molar-refractivity contribution in [2.45, 2.75) is 0 Å². The second-order valence-electron chi connectivity index (χ2n) is 5.40. The van der Waals surface area contributed by atoms with Crippen LogP contribution in [-0.4, -0.2) is 106 Å². The van der Waals surface area contributed by atoms with Gasteiger partial charge in [0.1, 0.15) is 0 Å². The van der Waals surface area contributed by atoms with Gasteiger partial charge in [-0.05, 0) is 0 Å². The van der Waals surface area contributed by atoms with E-state index in [1.807, 2.05) is 0 Å². The fourth-order valence-corrected chi connectivity index (χ4v) is 1.77. The molecule has 0 aliphatic rings. The summed E-state index contributed by atoms with van der Waals surface area (Å²) in [4.78, 5) is 0. The second-order valence-corrected chi connectivity index (χ2v) is 5.40. The van der Waals surface area contributed by atoms with Crippen LogP contribution < -0.4 is 0 Å². The lowest BCUT2D eigenvalue weighted by atomic mass is 10.6. The highest BCUT2D eigenvalue weighted by molar-refractivity contribution is 4.63. The molecule has 0 spiro atoms. The van der Waals surface area contributed by atoms with E-state index in [1.165, 1.54) is 0 Å². The standard InChI is InChI=1S/C20H38O8/c1-3-5-21-7-9-23-11-13-25-15-17-27-19-20-28-18-16-26-14-12-24-10-8-22-6-4-2/h3-4H,1-2,5-20H2. The van der Waals surface area contributed by atoms with Crippen molar-refractivity contribution in [2.24, 2.45) is 0 Å². The lowest BCUT2D eigenvalue weighted by Crippen LogP contribution is -2.15. The van der Waals surface area contributed by atoms with Crippen molar-refractivity contribution < 1.29 is 37.9 Å². The maximum Gasteiger partial charge on any atom is 0.0704 e. The highest BCUT2D eigenvalue weighted by atomic mass is 16.6. The smallest absolute Gasteiger partial charge is 0.0704 e. The summed E-state index contributed by atoms with van der Waals surface area (Å²) >= 11 is 0. The fraction of sp³-hybridized carbons (Fsp3) is 0.800. The van der Waals surface area contributed by atoms with Crippen molar-refractivity contribution in [1.29, 1.82) is 0 Å². The zero-order chi connectivity index (χ0) is 20.4. The van der Waals surface area contributed by atoms with Crippen molar-refractivity contribution in [3.8, 4) is 0 Å². The summed E-state index contributed by atoms with van der Waals surface area (Å²) in [7, 11) is 0. The van der Waals surface area contributed by atoms with Crippen LogP contribution in [0.4, 0.5) is 0 Å². The second kappa shape index (κ2) is 26.2. The molecule has 166 valence electrons. The Morgan fingerprint density at radius 1 is 0.321 bits per heavy atom. The molecule has 0 amide bonds. The van der Waals surface area contributed by atoms with Crippen molar-refractivity contribution in [2.75, 3.05) is 106 Å². The van der Waals surface area contributed by atoms with Crippen LogP contribution in [0.2, 0.25) is 0 Å². The largest absolute Gasteiger partial charge is 0.377 e. The van der Waals surface area contributed by atoms with Crippen LogP contribution in [0.5, 0.6) is 0 Å². The molecule has 0 aromatic rings. The molecule has 0 unspecified atom stereocenters. The number of hydrogen-bond donors (Lipinski definition) is 0. The summed E-state index contributed by atoms with van der Waals surface area (Å²) < 4.78 is 42.7. The third-order valence-electron chi connectivity index (χ3n) is 3.08. The minimum atomic E-state index is 0.536. The van der Waals surface area contributed by atoms with E-state index in [0.717, 1.165) is 0 Å². The van der Waals surface area contributed by atoms with Crippen LogP contribution >= 0.6 is 0 Å². The molecule has 0 heterocycles. The first-order chi connectivity index (χ1) is 13.9. The molecule has 8 heteroatoms. The molecule has 0 bridgehead atoms. The Balaban J connectivity index is 2.98. The van der Waals surface area contributed by atoms with Gasteiger partial charge in [0.2, 0.25) is 0 Å². The van der Waals surface area contributed by atoms with Crippen LogP contribution in [0.15, 0.2) is 25.3 Å². The Morgan fingerprint density at radius 2 is 0.500 bits per heavy atom. The zero-order valence-electron chi connectivity index (χ0n) is 17.1. The normalized spacial score (nSPS) is 11.0. The molecule has 0 saturated carbocycles. The summed E-state index contributed by atoms with van der Waals surface area (Å²) in [6.07, 6.45) is 3.42. The van der Waals surface area contributed by atoms with Gasteiger partial charge in [-0.25, -0.2) is 0 Å². The van der Waals surface area contributed by atoms with Crippen LogP contribution in [-0.2, 0) is 37.9 Å². The first-order valence-electron chi connectivity index (χ1n) is 9.75. The summed E-state index contributed by atoms with van der Waals surface area (Å²) in [5.41, 5.74) is 0. The number of hydrogen-bond acceptors (Lipinski definition) is 8. The van der Waals surface area contributed by atoms with Gasteiger partial charge >= 0.3 is 0 Å². The maximum absolute atomic E-state index is 5.41. The fourth-order valence-electron chi connectivity index (χ4n) is 1.77. The summed E-state index contributed by atoms with van der Waals surface area (Å²) in [5.74, 6) is 0. The molecule has 0 aromatic carbocycles. The molecule has 0 aliphatic carbocycles. The maximum atomic E-state index is 5.41. The third-order valence-corrected chi connectivity index (χ3v) is 3.08. The van der Waals surface area contributed by atoms with Gasteiger partial charge in [0.15, 0.2) is 0 Å². The highest BCUT2D eigenvalue weighted by Crippen LogP contribution is 1.85. The van der Waals surface area contributed by atoms with E-state index >= 15 is 0 Å². The third kappa shape index (κ3) is 25.2. The molecular formula is C20H38O8. The van der Waals surface area contributed by atoms with E-state index in [1.54, 1.807) is 12.2 Å². The first kappa shape index (κ1) is 27.2. The van der Waals surface area contributed by atoms with Gasteiger partial charge in [0.05, 0.1) is 106 Å². The average molecular weight is 407 g/mol. The molecule has 0 N–H and O–H groups in total. The minimum absolute atomic E-state index is 0.536. The Hall–Kier alpha value is -0.840.